The summed E-state index contributed by atoms with van der Waals surface area (Å²) in [6, 6.07) is 1.66. The molecule has 5 heterocycles. The third-order valence-electron chi connectivity index (χ3n) is 5.30. The van der Waals surface area contributed by atoms with Gasteiger partial charge in [-0.15, -0.1) is 0 Å². The number of carbonyl (C=O) groups is 1. The maximum atomic E-state index is 13.1. The van der Waals surface area contributed by atoms with Gasteiger partial charge in [0.15, 0.2) is 11.3 Å². The highest BCUT2D eigenvalue weighted by molar-refractivity contribution is 5.76. The fourth-order valence-corrected chi connectivity index (χ4v) is 4.02. The number of amides is 2. The van der Waals surface area contributed by atoms with Crippen molar-refractivity contribution >= 4 is 22.8 Å². The zero-order valence-corrected chi connectivity index (χ0v) is 14.0. The number of aromatic amines is 1. The third kappa shape index (κ3) is 2.33. The van der Waals surface area contributed by atoms with E-state index in [4.69, 9.17) is 0 Å². The fourth-order valence-electron chi connectivity index (χ4n) is 4.02. The van der Waals surface area contributed by atoms with Gasteiger partial charge in [0.25, 0.3) is 5.92 Å². The molecule has 0 aliphatic carbocycles. The van der Waals surface area contributed by atoms with Crippen molar-refractivity contribution in [3.63, 3.8) is 0 Å². The molecule has 2 saturated heterocycles. The Morgan fingerprint density at radius 2 is 2.08 bits per heavy atom. The first-order chi connectivity index (χ1) is 12.5. The summed E-state index contributed by atoms with van der Waals surface area (Å²) in [4.78, 5) is 27.3. The van der Waals surface area contributed by atoms with E-state index in [1.54, 1.807) is 11.1 Å². The number of hydrogen-bond acceptors (Lipinski definition) is 3. The first kappa shape index (κ1) is 15.5. The number of fused-ring (bicyclic) bond motifs is 3. The van der Waals surface area contributed by atoms with Crippen LogP contribution in [0.5, 0.6) is 0 Å². The number of urea groups is 1. The molecule has 9 heteroatoms. The summed E-state index contributed by atoms with van der Waals surface area (Å²) < 4.78 is 28.2. The van der Waals surface area contributed by atoms with E-state index in [1.807, 2.05) is 18.5 Å². The first-order valence-electron chi connectivity index (χ1n) is 8.73. The van der Waals surface area contributed by atoms with E-state index < -0.39 is 19.0 Å². The Bertz CT molecular complexity index is 988. The van der Waals surface area contributed by atoms with Crippen LogP contribution in [0.1, 0.15) is 24.5 Å². The van der Waals surface area contributed by atoms with Crippen molar-refractivity contribution in [2.75, 3.05) is 26.2 Å². The largest absolute Gasteiger partial charge is 0.345 e. The minimum absolute atomic E-state index is 0.116. The molecule has 2 aliphatic rings. The van der Waals surface area contributed by atoms with Gasteiger partial charge < -0.3 is 14.8 Å². The molecule has 2 fully saturated rings. The van der Waals surface area contributed by atoms with E-state index in [0.717, 1.165) is 35.3 Å². The molecule has 26 heavy (non-hydrogen) atoms. The molecule has 3 aromatic rings. The molecule has 3 aromatic heterocycles. The molecule has 0 saturated carbocycles. The summed E-state index contributed by atoms with van der Waals surface area (Å²) in [5, 5.41) is 0. The molecule has 1 N–H and O–H groups in total. The number of hydrogen-bond donors (Lipinski definition) is 1. The van der Waals surface area contributed by atoms with Crippen LogP contribution in [0.25, 0.3) is 16.8 Å². The van der Waals surface area contributed by atoms with Crippen molar-refractivity contribution in [1.29, 1.82) is 0 Å². The highest BCUT2D eigenvalue weighted by atomic mass is 19.3. The van der Waals surface area contributed by atoms with Crippen LogP contribution in [0.4, 0.5) is 13.6 Å². The van der Waals surface area contributed by atoms with Crippen molar-refractivity contribution in [2.24, 2.45) is 0 Å². The second-order valence-electron chi connectivity index (χ2n) is 7.13. The van der Waals surface area contributed by atoms with Crippen LogP contribution < -0.4 is 0 Å². The second kappa shape index (κ2) is 5.39. The number of piperidine rings is 1. The fraction of sp³-hybridized carbons (Fsp3) is 0.471. The Morgan fingerprint density at radius 1 is 1.23 bits per heavy atom. The lowest BCUT2D eigenvalue weighted by Gasteiger charge is -2.43. The number of H-pyrrole nitrogens is 1. The molecular formula is C17H18F2N6O. The van der Waals surface area contributed by atoms with Crippen molar-refractivity contribution in [3.8, 4) is 0 Å². The molecule has 2 amide bonds. The van der Waals surface area contributed by atoms with Crippen molar-refractivity contribution < 1.29 is 13.6 Å². The van der Waals surface area contributed by atoms with E-state index >= 15 is 0 Å². The van der Waals surface area contributed by atoms with Gasteiger partial charge in [0.2, 0.25) is 0 Å². The molecule has 2 aliphatic heterocycles. The van der Waals surface area contributed by atoms with Crippen molar-refractivity contribution in [2.45, 2.75) is 24.7 Å². The number of aromatic nitrogens is 4. The van der Waals surface area contributed by atoms with Crippen LogP contribution in [0.3, 0.4) is 0 Å². The number of halogens is 2. The van der Waals surface area contributed by atoms with Crippen LogP contribution in [-0.4, -0.2) is 67.3 Å². The van der Waals surface area contributed by atoms with Crippen LogP contribution in [0.15, 0.2) is 24.7 Å². The van der Waals surface area contributed by atoms with E-state index in [2.05, 4.69) is 19.4 Å². The summed E-state index contributed by atoms with van der Waals surface area (Å²) in [6.45, 7) is 0.175. The van der Waals surface area contributed by atoms with Crippen LogP contribution in [0.2, 0.25) is 0 Å². The van der Waals surface area contributed by atoms with Gasteiger partial charge in [-0.25, -0.2) is 23.5 Å². The van der Waals surface area contributed by atoms with E-state index in [0.29, 0.717) is 13.1 Å². The SMILES string of the molecule is O=C(N1CCCC(c2cnc3cnc4[nH]ccc4n23)C1)N1CC(F)(F)C1. The van der Waals surface area contributed by atoms with Gasteiger partial charge in [0.1, 0.15) is 0 Å². The quantitative estimate of drug-likeness (QED) is 0.725. The molecule has 0 aromatic carbocycles. The maximum absolute atomic E-state index is 13.1. The normalized spacial score (nSPS) is 22.8. The standard InChI is InChI=1S/C17H18F2N6O/c18-17(19)9-24(10-17)16(26)23-5-1-2-11(8-23)13-6-21-14-7-22-15-12(25(13)14)3-4-20-15/h3-4,6-7,11,20H,1-2,5,8-10H2. The average molecular weight is 360 g/mol. The molecule has 0 radical (unpaired) electrons. The highest BCUT2D eigenvalue weighted by Crippen LogP contribution is 2.32. The lowest BCUT2D eigenvalue weighted by atomic mass is 9.95. The van der Waals surface area contributed by atoms with E-state index in [9.17, 15) is 13.6 Å². The predicted octanol–water partition coefficient (Wildman–Crippen LogP) is 2.46. The lowest BCUT2D eigenvalue weighted by Crippen LogP contribution is -2.62. The lowest BCUT2D eigenvalue weighted by molar-refractivity contribution is -0.114. The molecule has 5 rings (SSSR count). The number of nitrogens with zero attached hydrogens (tertiary/aromatic N) is 5. The van der Waals surface area contributed by atoms with E-state index in [1.165, 1.54) is 4.90 Å². The van der Waals surface area contributed by atoms with Gasteiger partial charge in [-0.1, -0.05) is 0 Å². The van der Waals surface area contributed by atoms with Gasteiger partial charge >= 0.3 is 6.03 Å². The minimum Gasteiger partial charge on any atom is -0.345 e. The second-order valence-corrected chi connectivity index (χ2v) is 7.13. The monoisotopic (exact) mass is 360 g/mol. The number of alkyl halides is 2. The average Bonchev–Trinajstić information content (AvgIpc) is 3.24. The van der Waals surface area contributed by atoms with E-state index in [-0.39, 0.29) is 11.9 Å². The zero-order valence-electron chi connectivity index (χ0n) is 14.0. The number of carbonyl (C=O) groups excluding carboxylic acids is 1. The molecule has 136 valence electrons. The van der Waals surface area contributed by atoms with Crippen LogP contribution in [-0.2, 0) is 0 Å². The summed E-state index contributed by atoms with van der Waals surface area (Å²) in [7, 11) is 0. The maximum Gasteiger partial charge on any atom is 0.320 e. The number of imidazole rings is 1. The van der Waals surface area contributed by atoms with Crippen molar-refractivity contribution in [3.05, 3.63) is 30.4 Å². The highest BCUT2D eigenvalue weighted by Gasteiger charge is 2.47. The third-order valence-corrected chi connectivity index (χ3v) is 5.30. The molecule has 7 nitrogen and oxygen atoms in total. The summed E-state index contributed by atoms with van der Waals surface area (Å²) in [6.07, 6.45) is 7.16. The number of rotatable bonds is 1. The Balaban J connectivity index is 1.43. The summed E-state index contributed by atoms with van der Waals surface area (Å²) >= 11 is 0. The van der Waals surface area contributed by atoms with Crippen LogP contribution >= 0.6 is 0 Å². The minimum atomic E-state index is -2.74. The van der Waals surface area contributed by atoms with Crippen molar-refractivity contribution in [1.82, 2.24) is 29.2 Å². The summed E-state index contributed by atoms with van der Waals surface area (Å²) in [5.41, 5.74) is 3.51. The summed E-state index contributed by atoms with van der Waals surface area (Å²) in [5.74, 6) is -2.62. The molecular weight excluding hydrogens is 342 g/mol. The Morgan fingerprint density at radius 3 is 2.88 bits per heavy atom. The Labute approximate surface area is 147 Å². The number of nitrogens with one attached hydrogen (secondary N) is 1. The molecule has 0 bridgehead atoms. The Hall–Kier alpha value is -2.71. The van der Waals surface area contributed by atoms with Gasteiger partial charge in [-0.2, -0.15) is 0 Å². The number of likely N-dealkylation sites (tertiary alicyclic amines) is 2. The zero-order chi connectivity index (χ0) is 17.9. The predicted molar refractivity (Wildman–Crippen MR) is 90.3 cm³/mol. The van der Waals surface area contributed by atoms with Gasteiger partial charge in [-0.3, -0.25) is 4.40 Å². The topological polar surface area (TPSA) is 69.5 Å². The molecule has 0 spiro atoms. The van der Waals surface area contributed by atoms with Gasteiger partial charge in [-0.05, 0) is 18.9 Å². The molecule has 1 atom stereocenters. The first-order valence-corrected chi connectivity index (χ1v) is 8.73. The van der Waals surface area contributed by atoms with Gasteiger partial charge in [0, 0.05) is 37.1 Å². The Kier molecular flexibility index (Phi) is 3.22. The molecule has 1 unspecified atom stereocenters. The smallest absolute Gasteiger partial charge is 0.320 e. The van der Waals surface area contributed by atoms with Gasteiger partial charge in [0.05, 0.1) is 24.8 Å². The van der Waals surface area contributed by atoms with Crippen LogP contribution in [0, 0.1) is 0 Å².